The number of carbonyl (C=O) groups excluding carboxylic acids is 1. The lowest BCUT2D eigenvalue weighted by molar-refractivity contribution is -0.138. The van der Waals surface area contributed by atoms with E-state index < -0.39 is 5.97 Å². The van der Waals surface area contributed by atoms with Crippen LogP contribution in [0, 0.1) is 0 Å². The molecule has 0 saturated heterocycles. The van der Waals surface area contributed by atoms with Crippen molar-refractivity contribution in [2.45, 2.75) is 25.7 Å². The second-order valence-electron chi connectivity index (χ2n) is 4.39. The molecule has 0 spiro atoms. The molecule has 0 radical (unpaired) electrons. The van der Waals surface area contributed by atoms with E-state index in [1.165, 1.54) is 0 Å². The Morgan fingerprint density at radius 1 is 1.25 bits per heavy atom. The number of aromatic nitrogens is 3. The van der Waals surface area contributed by atoms with Crippen LogP contribution in [0.25, 0.3) is 5.65 Å². The Bertz CT molecular complexity index is 608. The highest BCUT2D eigenvalue weighted by Crippen LogP contribution is 2.04. The van der Waals surface area contributed by atoms with E-state index in [1.54, 1.807) is 0 Å². The lowest BCUT2D eigenvalue weighted by atomic mass is 10.2. The van der Waals surface area contributed by atoms with Gasteiger partial charge in [-0.05, 0) is 18.6 Å². The Hall–Kier alpha value is -2.44. The third kappa shape index (κ3) is 3.78. The maximum Gasteiger partial charge on any atom is 0.303 e. The highest BCUT2D eigenvalue weighted by molar-refractivity contribution is 5.80. The second kappa shape index (κ2) is 6.65. The molecule has 2 aromatic heterocycles. The molecule has 0 bridgehead atoms. The molecule has 0 aromatic carbocycles. The molecule has 0 atom stereocenters. The molecule has 2 aromatic rings. The monoisotopic (exact) mass is 276 g/mol. The van der Waals surface area contributed by atoms with Crippen molar-refractivity contribution in [3.05, 3.63) is 30.2 Å². The number of fused-ring (bicyclic) bond motifs is 1. The van der Waals surface area contributed by atoms with Crippen LogP contribution >= 0.6 is 0 Å². The summed E-state index contributed by atoms with van der Waals surface area (Å²) in [6, 6.07) is 5.69. The summed E-state index contributed by atoms with van der Waals surface area (Å²) < 4.78 is 1.91. The summed E-state index contributed by atoms with van der Waals surface area (Å²) in [5.74, 6) is -0.353. The maximum absolute atomic E-state index is 11.3. The second-order valence-corrected chi connectivity index (χ2v) is 4.39. The van der Waals surface area contributed by atoms with Crippen molar-refractivity contribution < 1.29 is 14.7 Å². The van der Waals surface area contributed by atoms with Gasteiger partial charge in [-0.3, -0.25) is 14.0 Å². The Morgan fingerprint density at radius 2 is 2.10 bits per heavy atom. The van der Waals surface area contributed by atoms with Crippen LogP contribution in [0.15, 0.2) is 24.4 Å². The molecule has 7 nitrogen and oxygen atoms in total. The number of nitrogens with zero attached hydrogens (tertiary/aromatic N) is 3. The van der Waals surface area contributed by atoms with Crippen LogP contribution in [-0.4, -0.2) is 38.1 Å². The number of carboxylic acids is 1. The summed E-state index contributed by atoms with van der Waals surface area (Å²) in [6.45, 7) is 0.500. The predicted octanol–water partition coefficient (Wildman–Crippen LogP) is 0.643. The predicted molar refractivity (Wildman–Crippen MR) is 71.2 cm³/mol. The molecular weight excluding hydrogens is 260 g/mol. The van der Waals surface area contributed by atoms with Gasteiger partial charge in [0.05, 0.1) is 6.42 Å². The summed E-state index contributed by atoms with van der Waals surface area (Å²) >= 11 is 0. The van der Waals surface area contributed by atoms with Gasteiger partial charge in [0.25, 0.3) is 0 Å². The molecule has 2 N–H and O–H groups in total. The average Bonchev–Trinajstić information content (AvgIpc) is 2.85. The van der Waals surface area contributed by atoms with Crippen LogP contribution in [0.3, 0.4) is 0 Å². The molecule has 0 aliphatic heterocycles. The smallest absolute Gasteiger partial charge is 0.303 e. The van der Waals surface area contributed by atoms with Crippen LogP contribution in [0.1, 0.15) is 25.1 Å². The molecule has 0 fully saturated rings. The van der Waals surface area contributed by atoms with Gasteiger partial charge in [0, 0.05) is 25.6 Å². The lowest BCUT2D eigenvalue weighted by Gasteiger charge is -2.03. The van der Waals surface area contributed by atoms with Crippen molar-refractivity contribution in [3.8, 4) is 0 Å². The van der Waals surface area contributed by atoms with Gasteiger partial charge < -0.3 is 10.4 Å². The Morgan fingerprint density at radius 3 is 2.90 bits per heavy atom. The molecule has 0 unspecified atom stereocenters. The van der Waals surface area contributed by atoms with Gasteiger partial charge in [0.2, 0.25) is 5.91 Å². The quantitative estimate of drug-likeness (QED) is 0.723. The van der Waals surface area contributed by atoms with Crippen LogP contribution < -0.4 is 5.32 Å². The molecule has 2 heterocycles. The van der Waals surface area contributed by atoms with E-state index in [4.69, 9.17) is 5.11 Å². The van der Waals surface area contributed by atoms with Crippen LogP contribution in [0.5, 0.6) is 0 Å². The highest BCUT2D eigenvalue weighted by Gasteiger charge is 2.06. The first-order valence-electron chi connectivity index (χ1n) is 6.44. The third-order valence-corrected chi connectivity index (χ3v) is 2.85. The van der Waals surface area contributed by atoms with E-state index >= 15 is 0 Å². The number of carbonyl (C=O) groups is 2. The minimum absolute atomic E-state index is 0.0171. The fraction of sp³-hybridized carbons (Fsp3) is 0.385. The Kier molecular flexibility index (Phi) is 4.65. The van der Waals surface area contributed by atoms with Crippen molar-refractivity contribution in [1.29, 1.82) is 0 Å². The highest BCUT2D eigenvalue weighted by atomic mass is 16.4. The van der Waals surface area contributed by atoms with Crippen LogP contribution in [-0.2, 0) is 16.0 Å². The summed E-state index contributed by atoms with van der Waals surface area (Å²) in [4.78, 5) is 21.6. The van der Waals surface area contributed by atoms with Gasteiger partial charge >= 0.3 is 5.97 Å². The topological polar surface area (TPSA) is 96.6 Å². The summed E-state index contributed by atoms with van der Waals surface area (Å²) in [5.41, 5.74) is 0.799. The van der Waals surface area contributed by atoms with E-state index in [9.17, 15) is 9.59 Å². The normalized spacial score (nSPS) is 10.6. The first-order valence-corrected chi connectivity index (χ1v) is 6.44. The minimum Gasteiger partial charge on any atom is -0.481 e. The molecule has 0 aliphatic rings. The lowest BCUT2D eigenvalue weighted by Crippen LogP contribution is -2.25. The van der Waals surface area contributed by atoms with Crippen molar-refractivity contribution in [2.24, 2.45) is 0 Å². The van der Waals surface area contributed by atoms with Crippen LogP contribution in [0.2, 0.25) is 0 Å². The number of pyridine rings is 1. The van der Waals surface area contributed by atoms with Gasteiger partial charge in [-0.15, -0.1) is 10.2 Å². The number of nitrogens with one attached hydrogen (secondary N) is 1. The SMILES string of the molecule is O=C(O)CCC(=O)NCCCc1nnc2ccccn12. The Balaban J connectivity index is 1.73. The number of hydrogen-bond acceptors (Lipinski definition) is 4. The fourth-order valence-electron chi connectivity index (χ4n) is 1.84. The largest absolute Gasteiger partial charge is 0.481 e. The number of aliphatic carboxylic acids is 1. The van der Waals surface area contributed by atoms with Crippen molar-refractivity contribution >= 4 is 17.5 Å². The third-order valence-electron chi connectivity index (χ3n) is 2.85. The Labute approximate surface area is 115 Å². The van der Waals surface area contributed by atoms with E-state index in [0.717, 1.165) is 17.9 Å². The van der Waals surface area contributed by atoms with E-state index in [1.807, 2.05) is 28.8 Å². The standard InChI is InChI=1S/C13H16N4O3/c18-12(6-7-13(19)20)14-8-3-5-11-16-15-10-4-1-2-9-17(10)11/h1-2,4,9H,3,5-8H2,(H,14,18)(H,19,20). The molecule has 0 aliphatic carbocycles. The fourth-order valence-corrected chi connectivity index (χ4v) is 1.84. The number of hydrogen-bond donors (Lipinski definition) is 2. The summed E-state index contributed by atoms with van der Waals surface area (Å²) in [5, 5.41) is 19.3. The maximum atomic E-state index is 11.3. The summed E-state index contributed by atoms with van der Waals surface area (Å²) in [7, 11) is 0. The van der Waals surface area contributed by atoms with Gasteiger partial charge in [0.1, 0.15) is 5.82 Å². The molecule has 1 amide bonds. The van der Waals surface area contributed by atoms with Crippen molar-refractivity contribution in [3.63, 3.8) is 0 Å². The molecule has 7 heteroatoms. The number of carboxylic acid groups (broad SMARTS) is 1. The van der Waals surface area contributed by atoms with Crippen LogP contribution in [0.4, 0.5) is 0 Å². The van der Waals surface area contributed by atoms with Crippen molar-refractivity contribution in [1.82, 2.24) is 19.9 Å². The molecular formula is C13H16N4O3. The first-order chi connectivity index (χ1) is 9.66. The molecule has 2 rings (SSSR count). The van der Waals surface area contributed by atoms with Crippen molar-refractivity contribution in [2.75, 3.05) is 6.54 Å². The number of amides is 1. The van der Waals surface area contributed by atoms with Gasteiger partial charge in [-0.2, -0.15) is 0 Å². The van der Waals surface area contributed by atoms with Gasteiger partial charge in [0.15, 0.2) is 5.65 Å². The number of rotatable bonds is 7. The van der Waals surface area contributed by atoms with E-state index in [-0.39, 0.29) is 18.7 Å². The molecule has 0 saturated carbocycles. The van der Waals surface area contributed by atoms with Gasteiger partial charge in [-0.25, -0.2) is 0 Å². The zero-order valence-electron chi connectivity index (χ0n) is 11.0. The average molecular weight is 276 g/mol. The first kappa shape index (κ1) is 14.0. The molecule has 106 valence electrons. The zero-order chi connectivity index (χ0) is 14.4. The summed E-state index contributed by atoms with van der Waals surface area (Å²) in [6.07, 6.45) is 3.21. The zero-order valence-corrected chi connectivity index (χ0v) is 11.0. The minimum atomic E-state index is -0.963. The van der Waals surface area contributed by atoms with E-state index in [0.29, 0.717) is 13.0 Å². The van der Waals surface area contributed by atoms with Gasteiger partial charge in [-0.1, -0.05) is 6.07 Å². The number of aryl methyl sites for hydroxylation is 1. The van der Waals surface area contributed by atoms with E-state index in [2.05, 4.69) is 15.5 Å². The molecule has 20 heavy (non-hydrogen) atoms.